The third-order valence-electron chi connectivity index (χ3n) is 1.69. The summed E-state index contributed by atoms with van der Waals surface area (Å²) in [6.45, 7) is 5.68. The van der Waals surface area contributed by atoms with Gasteiger partial charge in [0, 0.05) is 17.8 Å². The lowest BCUT2D eigenvalue weighted by Gasteiger charge is -2.18. The first kappa shape index (κ1) is 15.2. The molecule has 0 unspecified atom stereocenters. The minimum absolute atomic E-state index is 0.0290. The third kappa shape index (κ3) is 7.53. The Hall–Kier alpha value is -0.750. The second kappa shape index (κ2) is 6.75. The van der Waals surface area contributed by atoms with Gasteiger partial charge in [0.25, 0.3) is 0 Å². The lowest BCUT2D eigenvalue weighted by molar-refractivity contribution is -0.141. The van der Waals surface area contributed by atoms with Crippen molar-refractivity contribution in [2.24, 2.45) is 0 Å². The first-order chi connectivity index (χ1) is 7.26. The number of hydrogen-bond acceptors (Lipinski definition) is 4. The van der Waals surface area contributed by atoms with E-state index >= 15 is 0 Å². The van der Waals surface area contributed by atoms with Gasteiger partial charge in [0.2, 0.25) is 5.91 Å². The molecule has 0 saturated heterocycles. The molecule has 0 rings (SSSR count). The second-order valence-electron chi connectivity index (χ2n) is 4.37. The van der Waals surface area contributed by atoms with Crippen LogP contribution in [0.25, 0.3) is 0 Å². The molecule has 0 fully saturated rings. The maximum atomic E-state index is 11.4. The highest BCUT2D eigenvalue weighted by atomic mass is 32.2. The van der Waals surface area contributed by atoms with Crippen LogP contribution in [-0.2, 0) is 9.59 Å². The molecule has 0 aliphatic rings. The average Bonchev–Trinajstić information content (AvgIpc) is 2.13. The molecule has 0 bridgehead atoms. The van der Waals surface area contributed by atoms with Gasteiger partial charge in [-0.2, -0.15) is 0 Å². The van der Waals surface area contributed by atoms with Crippen LogP contribution in [0.3, 0.4) is 0 Å². The third-order valence-corrected chi connectivity index (χ3v) is 2.96. The quantitative estimate of drug-likeness (QED) is 0.637. The Kier molecular flexibility index (Phi) is 6.43. The lowest BCUT2D eigenvalue weighted by atomic mass is 10.2. The zero-order valence-electron chi connectivity index (χ0n) is 9.82. The standard InChI is InChI=1S/C10H19NO4S/c1-10(2,3)16-6-8(13)11-7(4-5-12)9(14)15/h7,12H,4-6H2,1-3H3,(H,11,13)(H,14,15)/t7-/m1/s1. The minimum atomic E-state index is -1.12. The first-order valence-electron chi connectivity index (χ1n) is 5.03. The first-order valence-corrected chi connectivity index (χ1v) is 6.02. The molecule has 5 nitrogen and oxygen atoms in total. The number of nitrogens with one attached hydrogen (secondary N) is 1. The van der Waals surface area contributed by atoms with E-state index in [0.717, 1.165) is 0 Å². The summed E-state index contributed by atoms with van der Waals surface area (Å²) < 4.78 is -0.0347. The Morgan fingerprint density at radius 3 is 2.31 bits per heavy atom. The van der Waals surface area contributed by atoms with Crippen molar-refractivity contribution in [3.8, 4) is 0 Å². The van der Waals surface area contributed by atoms with Gasteiger partial charge < -0.3 is 15.5 Å². The van der Waals surface area contributed by atoms with Crippen molar-refractivity contribution in [1.29, 1.82) is 0 Å². The minimum Gasteiger partial charge on any atom is -0.480 e. The fourth-order valence-corrected chi connectivity index (χ4v) is 1.55. The highest BCUT2D eigenvalue weighted by Gasteiger charge is 2.20. The monoisotopic (exact) mass is 249 g/mol. The molecule has 16 heavy (non-hydrogen) atoms. The zero-order chi connectivity index (χ0) is 12.8. The van der Waals surface area contributed by atoms with Crippen LogP contribution in [0.4, 0.5) is 0 Å². The number of rotatable bonds is 6. The van der Waals surface area contributed by atoms with E-state index in [2.05, 4.69) is 5.32 Å². The van der Waals surface area contributed by atoms with Crippen molar-refractivity contribution >= 4 is 23.6 Å². The van der Waals surface area contributed by atoms with Crippen LogP contribution >= 0.6 is 11.8 Å². The molecule has 3 N–H and O–H groups in total. The molecule has 0 spiro atoms. The molecular weight excluding hydrogens is 230 g/mol. The summed E-state index contributed by atoms with van der Waals surface area (Å²) in [5.41, 5.74) is 0. The highest BCUT2D eigenvalue weighted by Crippen LogP contribution is 2.22. The Morgan fingerprint density at radius 2 is 1.94 bits per heavy atom. The van der Waals surface area contributed by atoms with E-state index in [9.17, 15) is 9.59 Å². The van der Waals surface area contributed by atoms with Crippen LogP contribution in [0.2, 0.25) is 0 Å². The normalized spacial score (nSPS) is 13.2. The van der Waals surface area contributed by atoms with Crippen molar-refractivity contribution in [1.82, 2.24) is 5.32 Å². The number of carboxylic acids is 1. The molecule has 0 radical (unpaired) electrons. The zero-order valence-corrected chi connectivity index (χ0v) is 10.6. The summed E-state index contributed by atoms with van der Waals surface area (Å²) in [4.78, 5) is 22.1. The number of aliphatic carboxylic acids is 1. The number of thioether (sulfide) groups is 1. The lowest BCUT2D eigenvalue weighted by Crippen LogP contribution is -2.42. The average molecular weight is 249 g/mol. The molecule has 0 saturated carbocycles. The van der Waals surface area contributed by atoms with E-state index in [1.165, 1.54) is 11.8 Å². The summed E-state index contributed by atoms with van der Waals surface area (Å²) >= 11 is 1.45. The van der Waals surface area contributed by atoms with Gasteiger partial charge in [0.15, 0.2) is 0 Å². The predicted octanol–water partition coefficient (Wildman–Crippen LogP) is 0.470. The van der Waals surface area contributed by atoms with Crippen LogP contribution in [-0.4, -0.2) is 45.2 Å². The van der Waals surface area contributed by atoms with Gasteiger partial charge in [-0.05, 0) is 0 Å². The van der Waals surface area contributed by atoms with Crippen molar-refractivity contribution < 1.29 is 19.8 Å². The Balaban J connectivity index is 4.05. The molecule has 94 valence electrons. The van der Waals surface area contributed by atoms with E-state index < -0.39 is 12.0 Å². The van der Waals surface area contributed by atoms with E-state index in [1.54, 1.807) is 0 Å². The van der Waals surface area contributed by atoms with Crippen LogP contribution < -0.4 is 5.32 Å². The summed E-state index contributed by atoms with van der Waals surface area (Å²) in [6, 6.07) is -1.00. The van der Waals surface area contributed by atoms with E-state index in [1.807, 2.05) is 20.8 Å². The largest absolute Gasteiger partial charge is 0.480 e. The molecule has 0 aromatic heterocycles. The van der Waals surface area contributed by atoms with Gasteiger partial charge in [-0.1, -0.05) is 20.8 Å². The molecule has 0 aromatic carbocycles. The Labute approximate surface area is 99.6 Å². The number of amides is 1. The highest BCUT2D eigenvalue weighted by molar-refractivity contribution is 8.01. The summed E-state index contributed by atoms with van der Waals surface area (Å²) in [7, 11) is 0. The van der Waals surface area contributed by atoms with E-state index in [4.69, 9.17) is 10.2 Å². The smallest absolute Gasteiger partial charge is 0.326 e. The molecule has 0 aliphatic heterocycles. The summed E-state index contributed by atoms with van der Waals surface area (Å²) in [5, 5.41) is 19.8. The van der Waals surface area contributed by atoms with Crippen LogP contribution in [0.15, 0.2) is 0 Å². The van der Waals surface area contributed by atoms with Gasteiger partial charge in [-0.3, -0.25) is 4.79 Å². The van der Waals surface area contributed by atoms with Crippen molar-refractivity contribution in [2.75, 3.05) is 12.4 Å². The van der Waals surface area contributed by atoms with Gasteiger partial charge in [0.05, 0.1) is 5.75 Å². The van der Waals surface area contributed by atoms with E-state index in [-0.39, 0.29) is 29.4 Å². The van der Waals surface area contributed by atoms with Crippen LogP contribution in [0.5, 0.6) is 0 Å². The number of aliphatic hydroxyl groups is 1. The van der Waals surface area contributed by atoms with E-state index in [0.29, 0.717) is 0 Å². The molecule has 0 heterocycles. The number of carboxylic acid groups (broad SMARTS) is 1. The molecule has 6 heteroatoms. The molecule has 0 aliphatic carbocycles. The van der Waals surface area contributed by atoms with Crippen molar-refractivity contribution in [2.45, 2.75) is 38.0 Å². The van der Waals surface area contributed by atoms with Gasteiger partial charge >= 0.3 is 5.97 Å². The predicted molar refractivity (Wildman–Crippen MR) is 63.5 cm³/mol. The molecule has 1 amide bonds. The van der Waals surface area contributed by atoms with Crippen molar-refractivity contribution in [3.05, 3.63) is 0 Å². The van der Waals surface area contributed by atoms with Crippen LogP contribution in [0, 0.1) is 0 Å². The summed E-state index contributed by atoms with van der Waals surface area (Å²) in [6.07, 6.45) is 0.0290. The number of hydrogen-bond donors (Lipinski definition) is 3. The van der Waals surface area contributed by atoms with Gasteiger partial charge in [-0.15, -0.1) is 11.8 Å². The Bertz CT molecular complexity index is 250. The number of carbonyl (C=O) groups is 2. The maximum Gasteiger partial charge on any atom is 0.326 e. The fraction of sp³-hybridized carbons (Fsp3) is 0.800. The fourth-order valence-electron chi connectivity index (χ4n) is 0.905. The number of aliphatic hydroxyl groups excluding tert-OH is 1. The molecule has 1 atom stereocenters. The van der Waals surface area contributed by atoms with Crippen molar-refractivity contribution in [3.63, 3.8) is 0 Å². The Morgan fingerprint density at radius 1 is 1.38 bits per heavy atom. The topological polar surface area (TPSA) is 86.6 Å². The molecular formula is C10H19NO4S. The second-order valence-corrected chi connectivity index (χ2v) is 6.17. The van der Waals surface area contributed by atoms with Gasteiger partial charge in [0.1, 0.15) is 6.04 Å². The maximum absolute atomic E-state index is 11.4. The summed E-state index contributed by atoms with van der Waals surface area (Å²) in [5.74, 6) is -1.22. The molecule has 0 aromatic rings. The SMILES string of the molecule is CC(C)(C)SCC(=O)N[C@H](CCO)C(=O)O. The van der Waals surface area contributed by atoms with Crippen LogP contribution in [0.1, 0.15) is 27.2 Å². The van der Waals surface area contributed by atoms with Gasteiger partial charge in [-0.25, -0.2) is 4.79 Å². The number of carbonyl (C=O) groups excluding carboxylic acids is 1.